The average molecular weight is 280 g/mol. The summed E-state index contributed by atoms with van der Waals surface area (Å²) in [4.78, 5) is 15.6. The third-order valence-electron chi connectivity index (χ3n) is 3.63. The number of carbonyl (C=O) groups is 1. The van der Waals surface area contributed by atoms with Crippen LogP contribution < -0.4 is 0 Å². The second kappa shape index (κ2) is 5.49. The van der Waals surface area contributed by atoms with Crippen LogP contribution in [0.1, 0.15) is 30.5 Å². The molecule has 1 aromatic heterocycles. The lowest BCUT2D eigenvalue weighted by Gasteiger charge is -2.32. The molecule has 1 amide bonds. The van der Waals surface area contributed by atoms with E-state index in [4.69, 9.17) is 9.15 Å². The van der Waals surface area contributed by atoms with Crippen molar-refractivity contribution in [2.75, 3.05) is 33.8 Å². The van der Waals surface area contributed by atoms with E-state index < -0.39 is 6.10 Å². The van der Waals surface area contributed by atoms with Gasteiger partial charge in [-0.3, -0.25) is 9.69 Å². The van der Waals surface area contributed by atoms with E-state index in [1.807, 2.05) is 0 Å². The van der Waals surface area contributed by atoms with Crippen LogP contribution in [0.4, 0.5) is 0 Å². The minimum Gasteiger partial charge on any atom is -0.424 e. The first-order valence-corrected chi connectivity index (χ1v) is 7.01. The zero-order valence-corrected chi connectivity index (χ0v) is 11.9. The molecule has 1 atom stereocenters. The van der Waals surface area contributed by atoms with Crippen LogP contribution in [0.15, 0.2) is 4.42 Å². The Hall–Kier alpha value is -1.47. The lowest BCUT2D eigenvalue weighted by Crippen LogP contribution is -2.49. The molecule has 20 heavy (non-hydrogen) atoms. The van der Waals surface area contributed by atoms with Gasteiger partial charge in [-0.05, 0) is 12.8 Å². The zero-order chi connectivity index (χ0) is 14.1. The van der Waals surface area contributed by atoms with Gasteiger partial charge in [-0.2, -0.15) is 0 Å². The molecule has 3 rings (SSSR count). The number of rotatable bonds is 4. The van der Waals surface area contributed by atoms with Crippen LogP contribution >= 0.6 is 0 Å². The number of carbonyl (C=O) groups excluding carboxylic acids is 1. The highest BCUT2D eigenvalue weighted by Crippen LogP contribution is 2.39. The fraction of sp³-hybridized carbons (Fsp3) is 0.769. The normalized spacial score (nSPS) is 23.8. The molecule has 1 aliphatic carbocycles. The van der Waals surface area contributed by atoms with Gasteiger partial charge in [0.15, 0.2) is 0 Å². The smallest absolute Gasteiger partial charge is 0.252 e. The molecule has 0 spiro atoms. The summed E-state index contributed by atoms with van der Waals surface area (Å²) in [5.41, 5.74) is 0. The minimum atomic E-state index is -0.399. The molecular weight excluding hydrogens is 260 g/mol. The number of aromatic nitrogens is 2. The fourth-order valence-corrected chi connectivity index (χ4v) is 2.30. The van der Waals surface area contributed by atoms with Crippen molar-refractivity contribution in [3.05, 3.63) is 11.8 Å². The Morgan fingerprint density at radius 1 is 1.40 bits per heavy atom. The quantitative estimate of drug-likeness (QED) is 0.786. The summed E-state index contributed by atoms with van der Waals surface area (Å²) in [5, 5.41) is 8.16. The molecule has 0 radical (unpaired) electrons. The van der Waals surface area contributed by atoms with Crippen LogP contribution in [0.25, 0.3) is 0 Å². The molecule has 0 aromatic carbocycles. The molecule has 1 aromatic rings. The molecule has 2 fully saturated rings. The third-order valence-corrected chi connectivity index (χ3v) is 3.63. The standard InChI is InChI=1S/C13H20N4O3/c1-16(2)13(18)10-7-17(5-6-19-10)8-11-14-15-12(20-11)9-3-4-9/h9-10H,3-8H2,1-2H3. The van der Waals surface area contributed by atoms with Crippen LogP contribution in [0.2, 0.25) is 0 Å². The molecule has 1 unspecified atom stereocenters. The number of likely N-dealkylation sites (N-methyl/N-ethyl adjacent to an activating group) is 1. The molecule has 1 saturated heterocycles. The Morgan fingerprint density at radius 3 is 2.90 bits per heavy atom. The largest absolute Gasteiger partial charge is 0.424 e. The zero-order valence-electron chi connectivity index (χ0n) is 11.9. The minimum absolute atomic E-state index is 0.00102. The summed E-state index contributed by atoms with van der Waals surface area (Å²) in [6.07, 6.45) is 1.90. The van der Waals surface area contributed by atoms with Gasteiger partial charge >= 0.3 is 0 Å². The van der Waals surface area contributed by atoms with Crippen molar-refractivity contribution in [3.8, 4) is 0 Å². The van der Waals surface area contributed by atoms with Gasteiger partial charge in [0.1, 0.15) is 6.10 Å². The number of hydrogen-bond donors (Lipinski definition) is 0. The SMILES string of the molecule is CN(C)C(=O)C1CN(Cc2nnc(C3CC3)o2)CCO1. The Kier molecular flexibility index (Phi) is 3.71. The molecule has 1 aliphatic heterocycles. The molecule has 0 bridgehead atoms. The maximum Gasteiger partial charge on any atom is 0.252 e. The number of ether oxygens (including phenoxy) is 1. The van der Waals surface area contributed by atoms with Crippen molar-refractivity contribution in [3.63, 3.8) is 0 Å². The number of amides is 1. The van der Waals surface area contributed by atoms with E-state index in [0.717, 1.165) is 25.3 Å². The Bertz CT molecular complexity index is 484. The molecule has 2 heterocycles. The van der Waals surface area contributed by atoms with Gasteiger partial charge in [0.05, 0.1) is 13.2 Å². The number of hydrogen-bond acceptors (Lipinski definition) is 6. The summed E-state index contributed by atoms with van der Waals surface area (Å²) in [6, 6.07) is 0. The number of morpholine rings is 1. The molecule has 1 saturated carbocycles. The number of nitrogens with zero attached hydrogens (tertiary/aromatic N) is 4. The van der Waals surface area contributed by atoms with E-state index in [-0.39, 0.29) is 5.91 Å². The van der Waals surface area contributed by atoms with Crippen molar-refractivity contribution < 1.29 is 13.9 Å². The van der Waals surface area contributed by atoms with E-state index in [2.05, 4.69) is 15.1 Å². The Balaban J connectivity index is 1.57. The van der Waals surface area contributed by atoms with Gasteiger partial charge in [-0.15, -0.1) is 10.2 Å². The van der Waals surface area contributed by atoms with Gasteiger partial charge in [0.2, 0.25) is 11.8 Å². The second-order valence-corrected chi connectivity index (χ2v) is 5.64. The van der Waals surface area contributed by atoms with Gasteiger partial charge in [0.25, 0.3) is 5.91 Å². The predicted octanol–water partition coefficient (Wildman–Crippen LogP) is 0.236. The predicted molar refractivity (Wildman–Crippen MR) is 70.0 cm³/mol. The highest BCUT2D eigenvalue weighted by Gasteiger charge is 2.31. The van der Waals surface area contributed by atoms with Crippen LogP contribution in [0, 0.1) is 0 Å². The first-order valence-electron chi connectivity index (χ1n) is 7.01. The van der Waals surface area contributed by atoms with Crippen molar-refractivity contribution in [2.24, 2.45) is 0 Å². The van der Waals surface area contributed by atoms with E-state index >= 15 is 0 Å². The maximum atomic E-state index is 11.9. The van der Waals surface area contributed by atoms with Crippen molar-refractivity contribution in [1.29, 1.82) is 0 Å². The molecular formula is C13H20N4O3. The maximum absolute atomic E-state index is 11.9. The van der Waals surface area contributed by atoms with Crippen LogP contribution in [-0.2, 0) is 16.1 Å². The van der Waals surface area contributed by atoms with Crippen molar-refractivity contribution in [1.82, 2.24) is 20.0 Å². The van der Waals surface area contributed by atoms with Crippen LogP contribution in [0.3, 0.4) is 0 Å². The Morgan fingerprint density at radius 2 is 2.20 bits per heavy atom. The van der Waals surface area contributed by atoms with Gasteiger partial charge in [-0.1, -0.05) is 0 Å². The highest BCUT2D eigenvalue weighted by molar-refractivity contribution is 5.80. The van der Waals surface area contributed by atoms with E-state index in [0.29, 0.717) is 31.5 Å². The lowest BCUT2D eigenvalue weighted by atomic mass is 10.2. The van der Waals surface area contributed by atoms with Crippen molar-refractivity contribution in [2.45, 2.75) is 31.4 Å². The molecule has 7 nitrogen and oxygen atoms in total. The summed E-state index contributed by atoms with van der Waals surface area (Å²) in [5.74, 6) is 1.86. The first kappa shape index (κ1) is 13.5. The molecule has 7 heteroatoms. The summed E-state index contributed by atoms with van der Waals surface area (Å²) < 4.78 is 11.2. The van der Waals surface area contributed by atoms with E-state index in [1.54, 1.807) is 19.0 Å². The molecule has 0 N–H and O–H groups in total. The lowest BCUT2D eigenvalue weighted by molar-refractivity contribution is -0.147. The topological polar surface area (TPSA) is 71.7 Å². The molecule has 2 aliphatic rings. The summed E-state index contributed by atoms with van der Waals surface area (Å²) in [7, 11) is 3.48. The fourth-order valence-electron chi connectivity index (χ4n) is 2.30. The average Bonchev–Trinajstić information content (AvgIpc) is 3.19. The molecule has 110 valence electrons. The third kappa shape index (κ3) is 2.99. The van der Waals surface area contributed by atoms with Gasteiger partial charge in [-0.25, -0.2) is 0 Å². The Labute approximate surface area is 117 Å². The van der Waals surface area contributed by atoms with Crippen LogP contribution in [-0.4, -0.2) is 65.8 Å². The highest BCUT2D eigenvalue weighted by atomic mass is 16.5. The van der Waals surface area contributed by atoms with E-state index in [9.17, 15) is 4.79 Å². The van der Waals surface area contributed by atoms with Gasteiger partial charge in [0, 0.05) is 33.1 Å². The van der Waals surface area contributed by atoms with E-state index in [1.165, 1.54) is 0 Å². The summed E-state index contributed by atoms with van der Waals surface area (Å²) in [6.45, 7) is 2.48. The van der Waals surface area contributed by atoms with Gasteiger partial charge < -0.3 is 14.1 Å². The summed E-state index contributed by atoms with van der Waals surface area (Å²) >= 11 is 0. The van der Waals surface area contributed by atoms with Crippen molar-refractivity contribution >= 4 is 5.91 Å². The first-order chi connectivity index (χ1) is 9.63. The van der Waals surface area contributed by atoms with Crippen LogP contribution in [0.5, 0.6) is 0 Å². The second-order valence-electron chi connectivity index (χ2n) is 5.64. The monoisotopic (exact) mass is 280 g/mol.